The fraction of sp³-hybridized carbons (Fsp3) is 0.762. The highest BCUT2D eigenvalue weighted by atomic mass is 16.5. The smallest absolute Gasteiger partial charge is 0.330 e. The van der Waals surface area contributed by atoms with Gasteiger partial charge < -0.3 is 4.74 Å². The molecule has 0 unspecified atom stereocenters. The average Bonchev–Trinajstić information content (AvgIpc) is 2.56. The largest absolute Gasteiger partial charge is 0.458 e. The lowest BCUT2D eigenvalue weighted by Crippen LogP contribution is -1.99. The Hall–Kier alpha value is -1.05. The molecule has 0 aliphatic rings. The highest BCUT2D eigenvalue weighted by Gasteiger charge is 1.95. The molecular weight excluding hydrogens is 284 g/mol. The van der Waals surface area contributed by atoms with E-state index in [0.29, 0.717) is 6.61 Å². The van der Waals surface area contributed by atoms with Crippen LogP contribution >= 0.6 is 0 Å². The Morgan fingerprint density at radius 2 is 1.30 bits per heavy atom. The van der Waals surface area contributed by atoms with Gasteiger partial charge in [-0.05, 0) is 12.8 Å². The SMILES string of the molecule is C=CCOC(=O)/C=C/CCCCCCCCCCCCCCC. The van der Waals surface area contributed by atoms with Crippen molar-refractivity contribution in [1.82, 2.24) is 0 Å². The molecule has 0 aromatic heterocycles. The predicted octanol–water partition coefficient (Wildman–Crippen LogP) is 6.75. The minimum Gasteiger partial charge on any atom is -0.458 e. The van der Waals surface area contributed by atoms with Crippen LogP contribution in [0.25, 0.3) is 0 Å². The van der Waals surface area contributed by atoms with E-state index in [0.717, 1.165) is 6.42 Å². The van der Waals surface area contributed by atoms with Gasteiger partial charge in [0.2, 0.25) is 0 Å². The van der Waals surface area contributed by atoms with E-state index in [1.165, 1.54) is 89.5 Å². The first-order valence-electron chi connectivity index (χ1n) is 9.75. The molecule has 0 heterocycles. The summed E-state index contributed by atoms with van der Waals surface area (Å²) < 4.78 is 4.87. The van der Waals surface area contributed by atoms with Gasteiger partial charge in [0.15, 0.2) is 0 Å². The topological polar surface area (TPSA) is 26.3 Å². The molecule has 134 valence electrons. The van der Waals surface area contributed by atoms with Crippen LogP contribution in [-0.4, -0.2) is 12.6 Å². The van der Waals surface area contributed by atoms with Crippen LogP contribution in [0.3, 0.4) is 0 Å². The zero-order chi connectivity index (χ0) is 17.0. The summed E-state index contributed by atoms with van der Waals surface area (Å²) in [5.74, 6) is -0.264. The van der Waals surface area contributed by atoms with Crippen LogP contribution in [0, 0.1) is 0 Å². The number of hydrogen-bond acceptors (Lipinski definition) is 2. The van der Waals surface area contributed by atoms with Crippen LogP contribution in [0.5, 0.6) is 0 Å². The first-order chi connectivity index (χ1) is 11.3. The summed E-state index contributed by atoms with van der Waals surface area (Å²) in [7, 11) is 0. The van der Waals surface area contributed by atoms with Crippen LogP contribution < -0.4 is 0 Å². The number of unbranched alkanes of at least 4 members (excludes halogenated alkanes) is 13. The van der Waals surface area contributed by atoms with E-state index in [2.05, 4.69) is 13.5 Å². The summed E-state index contributed by atoms with van der Waals surface area (Å²) >= 11 is 0. The van der Waals surface area contributed by atoms with Gasteiger partial charge in [-0.3, -0.25) is 0 Å². The minimum absolute atomic E-state index is 0.264. The van der Waals surface area contributed by atoms with Crippen molar-refractivity contribution in [3.8, 4) is 0 Å². The summed E-state index contributed by atoms with van der Waals surface area (Å²) in [6, 6.07) is 0. The Morgan fingerprint density at radius 1 is 0.826 bits per heavy atom. The summed E-state index contributed by atoms with van der Waals surface area (Å²) in [5.41, 5.74) is 0. The summed E-state index contributed by atoms with van der Waals surface area (Å²) in [4.78, 5) is 11.2. The molecule has 0 aliphatic heterocycles. The number of carbonyl (C=O) groups is 1. The van der Waals surface area contributed by atoms with Gasteiger partial charge in [-0.2, -0.15) is 0 Å². The van der Waals surface area contributed by atoms with E-state index in [4.69, 9.17) is 4.74 Å². The van der Waals surface area contributed by atoms with E-state index in [-0.39, 0.29) is 5.97 Å². The lowest BCUT2D eigenvalue weighted by atomic mass is 10.0. The monoisotopic (exact) mass is 322 g/mol. The van der Waals surface area contributed by atoms with Gasteiger partial charge in [-0.25, -0.2) is 4.79 Å². The van der Waals surface area contributed by atoms with Crippen molar-refractivity contribution in [1.29, 1.82) is 0 Å². The zero-order valence-electron chi connectivity index (χ0n) is 15.4. The highest BCUT2D eigenvalue weighted by Crippen LogP contribution is 2.12. The van der Waals surface area contributed by atoms with Crippen molar-refractivity contribution in [2.45, 2.75) is 96.8 Å². The van der Waals surface area contributed by atoms with Gasteiger partial charge in [-0.15, -0.1) is 0 Å². The fourth-order valence-corrected chi connectivity index (χ4v) is 2.65. The standard InChI is InChI=1S/C21H38O2/c1-3-5-6-7-8-9-10-11-12-13-14-15-16-17-18-19-21(22)23-20-4-2/h4,18-19H,2-3,5-17,20H2,1H3/b19-18+. The van der Waals surface area contributed by atoms with Crippen molar-refractivity contribution in [2.75, 3.05) is 6.61 Å². The van der Waals surface area contributed by atoms with Gasteiger partial charge in [-0.1, -0.05) is 103 Å². The Labute approximate surface area is 144 Å². The van der Waals surface area contributed by atoms with Crippen molar-refractivity contribution in [3.05, 3.63) is 24.8 Å². The number of hydrogen-bond donors (Lipinski definition) is 0. The lowest BCUT2D eigenvalue weighted by Gasteiger charge is -2.02. The van der Waals surface area contributed by atoms with E-state index >= 15 is 0 Å². The van der Waals surface area contributed by atoms with Crippen LogP contribution in [0.15, 0.2) is 24.8 Å². The molecule has 0 bridgehead atoms. The van der Waals surface area contributed by atoms with Crippen molar-refractivity contribution >= 4 is 5.97 Å². The number of carbonyl (C=O) groups excluding carboxylic acids is 1. The van der Waals surface area contributed by atoms with E-state index in [9.17, 15) is 4.79 Å². The molecule has 0 N–H and O–H groups in total. The summed E-state index contributed by atoms with van der Waals surface area (Å²) in [5, 5.41) is 0. The molecule has 0 radical (unpaired) electrons. The van der Waals surface area contributed by atoms with E-state index < -0.39 is 0 Å². The van der Waals surface area contributed by atoms with Crippen molar-refractivity contribution in [2.24, 2.45) is 0 Å². The van der Waals surface area contributed by atoms with Gasteiger partial charge in [0, 0.05) is 6.08 Å². The normalized spacial score (nSPS) is 11.0. The Bertz CT molecular complexity index is 294. The molecule has 0 saturated carbocycles. The molecule has 23 heavy (non-hydrogen) atoms. The average molecular weight is 323 g/mol. The Balaban J connectivity index is 3.14. The van der Waals surface area contributed by atoms with E-state index in [1.807, 2.05) is 6.08 Å². The second-order valence-corrected chi connectivity index (χ2v) is 6.35. The maximum Gasteiger partial charge on any atom is 0.330 e. The summed E-state index contributed by atoms with van der Waals surface area (Å²) in [6.45, 7) is 6.07. The predicted molar refractivity (Wildman–Crippen MR) is 101 cm³/mol. The second kappa shape index (κ2) is 19.0. The van der Waals surface area contributed by atoms with Crippen LogP contribution in [0.2, 0.25) is 0 Å². The number of allylic oxidation sites excluding steroid dienone is 1. The molecule has 0 spiro atoms. The number of rotatable bonds is 17. The zero-order valence-corrected chi connectivity index (χ0v) is 15.4. The first kappa shape index (κ1) is 21.9. The van der Waals surface area contributed by atoms with Gasteiger partial charge in [0.05, 0.1) is 0 Å². The molecule has 2 heteroatoms. The third-order valence-electron chi connectivity index (χ3n) is 4.07. The molecule has 0 amide bonds. The second-order valence-electron chi connectivity index (χ2n) is 6.35. The van der Waals surface area contributed by atoms with Crippen LogP contribution in [0.4, 0.5) is 0 Å². The van der Waals surface area contributed by atoms with Gasteiger partial charge in [0.25, 0.3) is 0 Å². The molecule has 2 nitrogen and oxygen atoms in total. The molecule has 0 saturated heterocycles. The molecule has 0 atom stereocenters. The first-order valence-corrected chi connectivity index (χ1v) is 9.75. The third-order valence-corrected chi connectivity index (χ3v) is 4.07. The van der Waals surface area contributed by atoms with Crippen molar-refractivity contribution in [3.63, 3.8) is 0 Å². The molecule has 0 fully saturated rings. The third kappa shape index (κ3) is 18.9. The van der Waals surface area contributed by atoms with Crippen LogP contribution in [0.1, 0.15) is 96.8 Å². The minimum atomic E-state index is -0.264. The molecule has 0 aromatic rings. The number of esters is 1. The van der Waals surface area contributed by atoms with Crippen molar-refractivity contribution < 1.29 is 9.53 Å². The quantitative estimate of drug-likeness (QED) is 0.128. The summed E-state index contributed by atoms with van der Waals surface area (Å²) in [6.07, 6.45) is 23.8. The molecule has 0 aliphatic carbocycles. The number of ether oxygens (including phenoxy) is 1. The van der Waals surface area contributed by atoms with E-state index in [1.54, 1.807) is 6.08 Å². The Kier molecular flexibility index (Phi) is 18.1. The van der Waals surface area contributed by atoms with Gasteiger partial charge in [0.1, 0.15) is 6.61 Å². The van der Waals surface area contributed by atoms with Gasteiger partial charge >= 0.3 is 5.97 Å². The maximum atomic E-state index is 11.2. The maximum absolute atomic E-state index is 11.2. The molecule has 0 rings (SSSR count). The highest BCUT2D eigenvalue weighted by molar-refractivity contribution is 5.81. The van der Waals surface area contributed by atoms with Crippen LogP contribution in [-0.2, 0) is 9.53 Å². The molecule has 0 aromatic carbocycles. The molecular formula is C21H38O2. The fourth-order valence-electron chi connectivity index (χ4n) is 2.65. The Morgan fingerprint density at radius 3 is 1.78 bits per heavy atom. The lowest BCUT2D eigenvalue weighted by molar-refractivity contribution is -0.136.